The standard InChI is InChI=1S/C6H4N4S3/c7-5-9-3-1(11-5)2-4(13-3)10-6(8)12-2/h(H2,7,9)(H2,8,10). The van der Waals surface area contributed by atoms with Gasteiger partial charge in [-0.15, -0.1) is 0 Å². The maximum atomic E-state index is 5.60. The summed E-state index contributed by atoms with van der Waals surface area (Å²) in [5, 5.41) is 1.21. The van der Waals surface area contributed by atoms with Crippen LogP contribution in [0.15, 0.2) is 0 Å². The number of nitrogens with zero attached hydrogens (tertiary/aromatic N) is 2. The van der Waals surface area contributed by atoms with Crippen LogP contribution < -0.4 is 11.5 Å². The van der Waals surface area contributed by atoms with E-state index < -0.39 is 0 Å². The minimum atomic E-state index is 0.607. The Balaban J connectivity index is 2.56. The Morgan fingerprint density at radius 3 is 1.69 bits per heavy atom. The maximum absolute atomic E-state index is 5.60. The zero-order valence-corrected chi connectivity index (χ0v) is 8.72. The van der Waals surface area contributed by atoms with Gasteiger partial charge in [0.05, 0.1) is 9.40 Å². The van der Waals surface area contributed by atoms with Crippen LogP contribution >= 0.6 is 34.0 Å². The minimum Gasteiger partial charge on any atom is -0.375 e. The lowest BCUT2D eigenvalue weighted by Crippen LogP contribution is -1.78. The van der Waals surface area contributed by atoms with E-state index in [9.17, 15) is 0 Å². The van der Waals surface area contributed by atoms with Gasteiger partial charge >= 0.3 is 0 Å². The first-order valence-corrected chi connectivity index (χ1v) is 5.90. The summed E-state index contributed by atoms with van der Waals surface area (Å²) in [5.41, 5.74) is 11.2. The molecule has 0 radical (unpaired) electrons. The number of hydrogen-bond acceptors (Lipinski definition) is 7. The van der Waals surface area contributed by atoms with Gasteiger partial charge in [0.2, 0.25) is 0 Å². The lowest BCUT2D eigenvalue weighted by atomic mass is 10.6. The van der Waals surface area contributed by atoms with Crippen LogP contribution in [0.2, 0.25) is 0 Å². The number of nitrogen functional groups attached to an aromatic ring is 2. The molecular weight excluding hydrogens is 224 g/mol. The first kappa shape index (κ1) is 7.48. The molecule has 0 bridgehead atoms. The van der Waals surface area contributed by atoms with Crippen LogP contribution in [0.3, 0.4) is 0 Å². The first-order valence-electron chi connectivity index (χ1n) is 3.45. The summed E-state index contributed by atoms with van der Waals surface area (Å²) in [6, 6.07) is 0. The first-order chi connectivity index (χ1) is 6.24. The van der Waals surface area contributed by atoms with E-state index in [0.717, 1.165) is 19.1 Å². The molecule has 0 aromatic carbocycles. The maximum Gasteiger partial charge on any atom is 0.182 e. The molecule has 0 saturated heterocycles. The Morgan fingerprint density at radius 2 is 1.23 bits per heavy atom. The normalized spacial score (nSPS) is 11.7. The molecule has 4 nitrogen and oxygen atoms in total. The number of rotatable bonds is 0. The lowest BCUT2D eigenvalue weighted by Gasteiger charge is -1.73. The smallest absolute Gasteiger partial charge is 0.182 e. The van der Waals surface area contributed by atoms with Crippen LogP contribution in [0.25, 0.3) is 19.1 Å². The van der Waals surface area contributed by atoms with Crippen molar-refractivity contribution in [3.8, 4) is 0 Å². The average molecular weight is 228 g/mol. The van der Waals surface area contributed by atoms with Crippen LogP contribution in [-0.2, 0) is 0 Å². The lowest BCUT2D eigenvalue weighted by molar-refractivity contribution is 1.53. The Labute approximate surface area is 84.8 Å². The van der Waals surface area contributed by atoms with Crippen molar-refractivity contribution in [1.29, 1.82) is 0 Å². The number of nitrogens with two attached hydrogens (primary N) is 2. The second-order valence-corrected chi connectivity index (χ2v) is 5.51. The Hall–Kier alpha value is -0.920. The zero-order valence-electron chi connectivity index (χ0n) is 6.27. The molecule has 0 atom stereocenters. The predicted octanol–water partition coefficient (Wildman–Crippen LogP) is 2.13. The summed E-state index contributed by atoms with van der Waals surface area (Å²) >= 11 is 4.53. The van der Waals surface area contributed by atoms with Gasteiger partial charge in [-0.25, -0.2) is 9.97 Å². The summed E-state index contributed by atoms with van der Waals surface area (Å²) in [6.45, 7) is 0. The fourth-order valence-corrected chi connectivity index (χ4v) is 4.35. The van der Waals surface area contributed by atoms with E-state index in [4.69, 9.17) is 11.5 Å². The van der Waals surface area contributed by atoms with Crippen molar-refractivity contribution >= 4 is 63.3 Å². The monoisotopic (exact) mass is 228 g/mol. The minimum absolute atomic E-state index is 0.607. The van der Waals surface area contributed by atoms with Crippen molar-refractivity contribution < 1.29 is 0 Å². The van der Waals surface area contributed by atoms with Crippen LogP contribution in [0.1, 0.15) is 0 Å². The van der Waals surface area contributed by atoms with Crippen molar-refractivity contribution in [2.75, 3.05) is 11.5 Å². The highest BCUT2D eigenvalue weighted by Gasteiger charge is 2.13. The SMILES string of the molecule is Nc1nc2sc3nc(N)sc3c2s1. The van der Waals surface area contributed by atoms with Gasteiger partial charge in [-0.05, 0) is 0 Å². The quantitative estimate of drug-likeness (QED) is 0.618. The van der Waals surface area contributed by atoms with E-state index >= 15 is 0 Å². The molecule has 0 aliphatic carbocycles. The van der Waals surface area contributed by atoms with Crippen molar-refractivity contribution in [1.82, 2.24) is 9.97 Å². The second-order valence-electron chi connectivity index (χ2n) is 2.47. The Kier molecular flexibility index (Phi) is 1.33. The van der Waals surface area contributed by atoms with Crippen molar-refractivity contribution in [3.05, 3.63) is 0 Å². The van der Waals surface area contributed by atoms with E-state index in [1.807, 2.05) is 0 Å². The fraction of sp³-hybridized carbons (Fsp3) is 0. The number of thiophene rings is 1. The van der Waals surface area contributed by atoms with Crippen molar-refractivity contribution in [2.24, 2.45) is 0 Å². The highest BCUT2D eigenvalue weighted by atomic mass is 32.1. The van der Waals surface area contributed by atoms with E-state index in [1.165, 1.54) is 22.7 Å². The van der Waals surface area contributed by atoms with Crippen molar-refractivity contribution in [2.45, 2.75) is 0 Å². The van der Waals surface area contributed by atoms with Gasteiger partial charge in [-0.2, -0.15) is 0 Å². The largest absolute Gasteiger partial charge is 0.375 e. The summed E-state index contributed by atoms with van der Waals surface area (Å²) in [7, 11) is 0. The summed E-state index contributed by atoms with van der Waals surface area (Å²) in [5.74, 6) is 0. The Bertz CT molecular complexity index is 538. The average Bonchev–Trinajstić information content (AvgIpc) is 2.60. The van der Waals surface area contributed by atoms with E-state index in [2.05, 4.69) is 9.97 Å². The third-order valence-corrected chi connectivity index (χ3v) is 4.79. The third-order valence-electron chi connectivity index (χ3n) is 1.62. The molecule has 0 amide bonds. The van der Waals surface area contributed by atoms with Crippen LogP contribution in [-0.4, -0.2) is 9.97 Å². The van der Waals surface area contributed by atoms with Crippen molar-refractivity contribution in [3.63, 3.8) is 0 Å². The van der Waals surface area contributed by atoms with E-state index in [1.54, 1.807) is 11.3 Å². The number of fused-ring (bicyclic) bond motifs is 3. The van der Waals surface area contributed by atoms with E-state index in [-0.39, 0.29) is 0 Å². The van der Waals surface area contributed by atoms with Crippen LogP contribution in [0, 0.1) is 0 Å². The van der Waals surface area contributed by atoms with Gasteiger partial charge in [0.1, 0.15) is 9.66 Å². The van der Waals surface area contributed by atoms with Gasteiger partial charge in [0.15, 0.2) is 10.3 Å². The second kappa shape index (κ2) is 2.31. The van der Waals surface area contributed by atoms with Gasteiger partial charge in [0.25, 0.3) is 0 Å². The molecule has 3 aromatic rings. The van der Waals surface area contributed by atoms with Gasteiger partial charge in [-0.3, -0.25) is 0 Å². The molecule has 66 valence electrons. The molecule has 7 heteroatoms. The highest BCUT2D eigenvalue weighted by Crippen LogP contribution is 2.41. The molecule has 4 N–H and O–H groups in total. The number of aromatic nitrogens is 2. The summed E-state index contributed by atoms with van der Waals surface area (Å²) < 4.78 is 2.23. The topological polar surface area (TPSA) is 77.8 Å². The van der Waals surface area contributed by atoms with Gasteiger partial charge in [-0.1, -0.05) is 34.0 Å². The van der Waals surface area contributed by atoms with Crippen LogP contribution in [0.5, 0.6) is 0 Å². The zero-order chi connectivity index (χ0) is 9.00. The molecule has 0 spiro atoms. The summed E-state index contributed by atoms with van der Waals surface area (Å²) in [4.78, 5) is 10.3. The molecule has 0 aliphatic rings. The molecule has 13 heavy (non-hydrogen) atoms. The molecule has 0 unspecified atom stereocenters. The molecule has 0 aliphatic heterocycles. The molecular formula is C6H4N4S3. The predicted molar refractivity (Wildman–Crippen MR) is 59.5 cm³/mol. The summed E-state index contributed by atoms with van der Waals surface area (Å²) in [6.07, 6.45) is 0. The number of anilines is 2. The third kappa shape index (κ3) is 0.946. The van der Waals surface area contributed by atoms with Gasteiger partial charge < -0.3 is 11.5 Å². The molecule has 3 rings (SSSR count). The fourth-order valence-electron chi connectivity index (χ4n) is 1.16. The van der Waals surface area contributed by atoms with Crippen LogP contribution in [0.4, 0.5) is 10.3 Å². The van der Waals surface area contributed by atoms with Gasteiger partial charge in [0, 0.05) is 0 Å². The molecule has 3 heterocycles. The van der Waals surface area contributed by atoms with E-state index in [0.29, 0.717) is 10.3 Å². The molecule has 0 fully saturated rings. The molecule has 3 aromatic heterocycles. The number of thiazole rings is 2. The highest BCUT2D eigenvalue weighted by molar-refractivity contribution is 7.39. The Morgan fingerprint density at radius 1 is 0.769 bits per heavy atom. The molecule has 0 saturated carbocycles. The number of hydrogen-bond donors (Lipinski definition) is 2.